The summed E-state index contributed by atoms with van der Waals surface area (Å²) in [6, 6.07) is 7.29. The van der Waals surface area contributed by atoms with E-state index in [4.69, 9.17) is 0 Å². The van der Waals surface area contributed by atoms with Gasteiger partial charge in [-0.15, -0.1) is 0 Å². The summed E-state index contributed by atoms with van der Waals surface area (Å²) in [4.78, 5) is 21.7. The fourth-order valence-corrected chi connectivity index (χ4v) is 2.60. The van der Waals surface area contributed by atoms with E-state index in [-0.39, 0.29) is 12.6 Å². The monoisotopic (exact) mass is 375 g/mol. The molecule has 0 spiro atoms. The van der Waals surface area contributed by atoms with Gasteiger partial charge in [-0.3, -0.25) is 0 Å². The van der Waals surface area contributed by atoms with Crippen LogP contribution in [0, 0.1) is 0 Å². The third kappa shape index (κ3) is 4.66. The van der Waals surface area contributed by atoms with E-state index in [1.54, 1.807) is 19.6 Å². The second-order valence-electron chi connectivity index (χ2n) is 5.86. The van der Waals surface area contributed by atoms with Crippen molar-refractivity contribution in [3.05, 3.63) is 60.7 Å². The minimum Gasteiger partial charge on any atom is -0.334 e. The number of imidazole rings is 1. The average Bonchev–Trinajstić information content (AvgIpc) is 3.32. The van der Waals surface area contributed by atoms with Crippen LogP contribution in [0.3, 0.4) is 0 Å². The highest BCUT2D eigenvalue weighted by Crippen LogP contribution is 2.14. The molecular weight excluding hydrogens is 356 g/mol. The number of urea groups is 1. The average molecular weight is 375 g/mol. The number of rotatable bonds is 7. The van der Waals surface area contributed by atoms with E-state index in [2.05, 4.69) is 20.4 Å². The lowest BCUT2D eigenvalue weighted by molar-refractivity contribution is 0.119. The van der Waals surface area contributed by atoms with Gasteiger partial charge < -0.3 is 14.8 Å². The quantitative estimate of drug-likeness (QED) is 0.686. The number of hydrogen-bond donors (Lipinski definition) is 1. The third-order valence-electron chi connectivity index (χ3n) is 3.94. The van der Waals surface area contributed by atoms with Gasteiger partial charge in [-0.05, 0) is 11.6 Å². The van der Waals surface area contributed by atoms with Crippen LogP contribution < -0.4 is 5.32 Å². The summed E-state index contributed by atoms with van der Waals surface area (Å²) >= 11 is 0. The van der Waals surface area contributed by atoms with Gasteiger partial charge in [-0.1, -0.05) is 18.2 Å². The molecule has 0 saturated carbocycles. The van der Waals surface area contributed by atoms with Crippen molar-refractivity contribution >= 4 is 6.03 Å². The zero-order valence-corrected chi connectivity index (χ0v) is 14.7. The van der Waals surface area contributed by atoms with E-state index in [1.807, 2.05) is 35.0 Å². The van der Waals surface area contributed by atoms with Crippen LogP contribution in [0.4, 0.5) is 13.6 Å². The molecular formula is C17H19F2N7O. The summed E-state index contributed by atoms with van der Waals surface area (Å²) in [5.74, 6) is 0.298. The number of amides is 2. The molecule has 0 bridgehead atoms. The molecule has 3 rings (SSSR count). The highest BCUT2D eigenvalue weighted by molar-refractivity contribution is 5.73. The maximum atomic E-state index is 12.5. The van der Waals surface area contributed by atoms with Gasteiger partial charge in [0.25, 0.3) is 6.43 Å². The molecule has 3 aromatic rings. The first kappa shape index (κ1) is 18.5. The number of benzene rings is 1. The Morgan fingerprint density at radius 2 is 2.15 bits per heavy atom. The Kier molecular flexibility index (Phi) is 5.74. The zero-order valence-electron chi connectivity index (χ0n) is 14.7. The second-order valence-corrected chi connectivity index (χ2v) is 5.86. The minimum atomic E-state index is -2.54. The Balaban J connectivity index is 1.61. The van der Waals surface area contributed by atoms with Crippen molar-refractivity contribution in [3.8, 4) is 5.69 Å². The number of carbonyl (C=O) groups is 1. The summed E-state index contributed by atoms with van der Waals surface area (Å²) in [6.07, 6.45) is 3.85. The van der Waals surface area contributed by atoms with Crippen molar-refractivity contribution in [2.75, 3.05) is 7.05 Å². The summed E-state index contributed by atoms with van der Waals surface area (Å²) in [5, 5.41) is 6.58. The normalized spacial score (nSPS) is 11.0. The summed E-state index contributed by atoms with van der Waals surface area (Å²) in [7, 11) is 1.57. The largest absolute Gasteiger partial charge is 0.334 e. The molecule has 27 heavy (non-hydrogen) atoms. The van der Waals surface area contributed by atoms with Gasteiger partial charge in [0.05, 0.1) is 18.6 Å². The minimum absolute atomic E-state index is 0.0712. The molecule has 0 saturated heterocycles. The Morgan fingerprint density at radius 1 is 1.33 bits per heavy atom. The van der Waals surface area contributed by atoms with Crippen LogP contribution in [0.25, 0.3) is 5.69 Å². The molecule has 2 heterocycles. The first-order valence-corrected chi connectivity index (χ1v) is 8.24. The van der Waals surface area contributed by atoms with Gasteiger partial charge in [-0.2, -0.15) is 5.10 Å². The first-order valence-electron chi connectivity index (χ1n) is 8.24. The summed E-state index contributed by atoms with van der Waals surface area (Å²) in [5.41, 5.74) is 1.83. The highest BCUT2D eigenvalue weighted by Gasteiger charge is 2.15. The lowest BCUT2D eigenvalue weighted by atomic mass is 10.1. The maximum Gasteiger partial charge on any atom is 0.317 e. The molecule has 0 aliphatic heterocycles. The standard InChI is InChI=1S/C17H19F2N7O/c1-24(10-16-22-11-23-26(16)9-15(18)19)17(27)21-8-13-4-2-3-5-14(13)25-7-6-20-12-25/h2-7,11-12,15H,8-10H2,1H3,(H,21,27). The molecule has 1 aromatic carbocycles. The SMILES string of the molecule is CN(Cc1ncnn1CC(F)F)C(=O)NCc1ccccc1-n1ccnc1. The number of halogens is 2. The fourth-order valence-electron chi connectivity index (χ4n) is 2.60. The molecule has 0 unspecified atom stereocenters. The van der Waals surface area contributed by atoms with Crippen molar-refractivity contribution < 1.29 is 13.6 Å². The number of carbonyl (C=O) groups excluding carboxylic acids is 1. The van der Waals surface area contributed by atoms with E-state index in [0.717, 1.165) is 15.9 Å². The van der Waals surface area contributed by atoms with Crippen molar-refractivity contribution in [1.82, 2.24) is 34.5 Å². The fraction of sp³-hybridized carbons (Fsp3) is 0.294. The lowest BCUT2D eigenvalue weighted by Gasteiger charge is -2.18. The lowest BCUT2D eigenvalue weighted by Crippen LogP contribution is -2.37. The van der Waals surface area contributed by atoms with Crippen LogP contribution >= 0.6 is 0 Å². The number of nitrogens with zero attached hydrogens (tertiary/aromatic N) is 6. The van der Waals surface area contributed by atoms with Crippen molar-refractivity contribution in [3.63, 3.8) is 0 Å². The number of alkyl halides is 2. The molecule has 2 amide bonds. The third-order valence-corrected chi connectivity index (χ3v) is 3.94. The van der Waals surface area contributed by atoms with Gasteiger partial charge in [0.15, 0.2) is 0 Å². The molecule has 0 fully saturated rings. The molecule has 0 atom stereocenters. The van der Waals surface area contributed by atoms with Crippen LogP contribution in [0.1, 0.15) is 11.4 Å². The van der Waals surface area contributed by atoms with E-state index in [0.29, 0.717) is 12.4 Å². The van der Waals surface area contributed by atoms with Gasteiger partial charge in [-0.25, -0.2) is 28.2 Å². The Morgan fingerprint density at radius 3 is 2.89 bits per heavy atom. The molecule has 142 valence electrons. The molecule has 8 nitrogen and oxygen atoms in total. The molecule has 0 aliphatic carbocycles. The van der Waals surface area contributed by atoms with Crippen LogP contribution in [0.2, 0.25) is 0 Å². The van der Waals surface area contributed by atoms with Crippen LogP contribution in [0.5, 0.6) is 0 Å². The molecule has 0 radical (unpaired) electrons. The number of nitrogens with one attached hydrogen (secondary N) is 1. The van der Waals surface area contributed by atoms with Crippen LogP contribution in [0.15, 0.2) is 49.3 Å². The summed E-state index contributed by atoms with van der Waals surface area (Å²) in [6.45, 7) is -0.175. The van der Waals surface area contributed by atoms with Crippen molar-refractivity contribution in [1.29, 1.82) is 0 Å². The zero-order chi connectivity index (χ0) is 19.2. The van der Waals surface area contributed by atoms with Gasteiger partial charge in [0, 0.05) is 26.0 Å². The van der Waals surface area contributed by atoms with Crippen LogP contribution in [-0.2, 0) is 19.6 Å². The number of hydrogen-bond acceptors (Lipinski definition) is 4. The topological polar surface area (TPSA) is 80.9 Å². The van der Waals surface area contributed by atoms with Crippen molar-refractivity contribution in [2.24, 2.45) is 0 Å². The Hall–Kier alpha value is -3.30. The molecule has 2 aromatic heterocycles. The van der Waals surface area contributed by atoms with E-state index < -0.39 is 13.0 Å². The second kappa shape index (κ2) is 8.39. The van der Waals surface area contributed by atoms with E-state index in [1.165, 1.54) is 11.2 Å². The smallest absolute Gasteiger partial charge is 0.317 e. The number of aromatic nitrogens is 5. The van der Waals surface area contributed by atoms with Gasteiger partial charge in [0.1, 0.15) is 18.7 Å². The molecule has 10 heteroatoms. The van der Waals surface area contributed by atoms with Gasteiger partial charge in [0.2, 0.25) is 0 Å². The van der Waals surface area contributed by atoms with Crippen LogP contribution in [-0.4, -0.2) is 48.7 Å². The van der Waals surface area contributed by atoms with E-state index >= 15 is 0 Å². The van der Waals surface area contributed by atoms with Gasteiger partial charge >= 0.3 is 6.03 Å². The highest BCUT2D eigenvalue weighted by atomic mass is 19.3. The summed E-state index contributed by atoms with van der Waals surface area (Å²) < 4.78 is 28.1. The first-order chi connectivity index (χ1) is 13.0. The molecule has 1 N–H and O–H groups in total. The number of para-hydroxylation sites is 1. The Bertz CT molecular complexity index is 879. The van der Waals surface area contributed by atoms with Crippen molar-refractivity contribution in [2.45, 2.75) is 26.1 Å². The predicted molar refractivity (Wildman–Crippen MR) is 93.3 cm³/mol. The Labute approximate surface area is 154 Å². The maximum absolute atomic E-state index is 12.5. The van der Waals surface area contributed by atoms with E-state index in [9.17, 15) is 13.6 Å². The predicted octanol–water partition coefficient (Wildman–Crippen LogP) is 2.07. The molecule has 0 aliphatic rings.